The third-order valence-corrected chi connectivity index (χ3v) is 3.94. The average Bonchev–Trinajstić information content (AvgIpc) is 2.61. The number of carbonyl (C=O) groups is 2. The standard InChI is InChI=1S/C19H20ClNO5/c1-11-5-6-15(12(2)7-11)21-17(22)10-26-19(23)13-8-14(20)18(25-4)16(9-13)24-3/h5-9H,10H2,1-4H3,(H,21,22). The van der Waals surface area contributed by atoms with Crippen molar-refractivity contribution in [1.82, 2.24) is 0 Å². The molecule has 1 N–H and O–H groups in total. The second kappa shape index (κ2) is 8.58. The molecule has 138 valence electrons. The zero-order valence-electron chi connectivity index (χ0n) is 15.0. The fraction of sp³-hybridized carbons (Fsp3) is 0.263. The van der Waals surface area contributed by atoms with Crippen molar-refractivity contribution >= 4 is 29.2 Å². The fourth-order valence-electron chi connectivity index (χ4n) is 2.39. The van der Waals surface area contributed by atoms with Crippen molar-refractivity contribution in [3.63, 3.8) is 0 Å². The molecule has 0 fully saturated rings. The summed E-state index contributed by atoms with van der Waals surface area (Å²) in [5.74, 6) is -0.509. The van der Waals surface area contributed by atoms with Gasteiger partial charge in [0.05, 0.1) is 24.8 Å². The SMILES string of the molecule is COc1cc(C(=O)OCC(=O)Nc2ccc(C)cc2C)cc(Cl)c1OC. The number of hydrogen-bond donors (Lipinski definition) is 1. The average molecular weight is 378 g/mol. The smallest absolute Gasteiger partial charge is 0.338 e. The van der Waals surface area contributed by atoms with Crippen LogP contribution in [0, 0.1) is 13.8 Å². The predicted octanol–water partition coefficient (Wildman–Crippen LogP) is 3.77. The summed E-state index contributed by atoms with van der Waals surface area (Å²) in [5, 5.41) is 2.92. The third-order valence-electron chi connectivity index (χ3n) is 3.66. The second-order valence-electron chi connectivity index (χ2n) is 5.64. The lowest BCUT2D eigenvalue weighted by molar-refractivity contribution is -0.119. The Labute approximate surface area is 157 Å². The highest BCUT2D eigenvalue weighted by Crippen LogP contribution is 2.36. The molecule has 26 heavy (non-hydrogen) atoms. The molecular formula is C19H20ClNO5. The van der Waals surface area contributed by atoms with E-state index >= 15 is 0 Å². The van der Waals surface area contributed by atoms with Crippen molar-refractivity contribution < 1.29 is 23.8 Å². The molecule has 7 heteroatoms. The minimum atomic E-state index is -0.691. The van der Waals surface area contributed by atoms with Gasteiger partial charge in [-0.1, -0.05) is 29.3 Å². The number of hydrogen-bond acceptors (Lipinski definition) is 5. The van der Waals surface area contributed by atoms with Crippen LogP contribution in [-0.2, 0) is 9.53 Å². The summed E-state index contributed by atoms with van der Waals surface area (Å²) in [6.07, 6.45) is 0. The van der Waals surface area contributed by atoms with E-state index in [0.717, 1.165) is 11.1 Å². The van der Waals surface area contributed by atoms with E-state index in [1.165, 1.54) is 26.4 Å². The van der Waals surface area contributed by atoms with Crippen molar-refractivity contribution in [3.05, 3.63) is 52.0 Å². The lowest BCUT2D eigenvalue weighted by Gasteiger charge is -2.12. The van der Waals surface area contributed by atoms with E-state index in [2.05, 4.69) is 5.32 Å². The number of rotatable bonds is 6. The van der Waals surface area contributed by atoms with Gasteiger partial charge in [0.15, 0.2) is 18.1 Å². The van der Waals surface area contributed by atoms with Crippen LogP contribution in [-0.4, -0.2) is 32.7 Å². The van der Waals surface area contributed by atoms with Gasteiger partial charge in [0.25, 0.3) is 5.91 Å². The van der Waals surface area contributed by atoms with Crippen LogP contribution in [0.1, 0.15) is 21.5 Å². The molecule has 0 aliphatic rings. The number of carbonyl (C=O) groups excluding carboxylic acids is 2. The maximum atomic E-state index is 12.2. The Bertz CT molecular complexity index is 835. The van der Waals surface area contributed by atoms with Gasteiger partial charge in [-0.3, -0.25) is 4.79 Å². The van der Waals surface area contributed by atoms with Gasteiger partial charge >= 0.3 is 5.97 Å². The molecule has 0 saturated heterocycles. The Morgan fingerprint density at radius 3 is 2.42 bits per heavy atom. The van der Waals surface area contributed by atoms with Gasteiger partial charge in [-0.15, -0.1) is 0 Å². The van der Waals surface area contributed by atoms with Crippen molar-refractivity contribution in [2.75, 3.05) is 26.1 Å². The van der Waals surface area contributed by atoms with E-state index in [0.29, 0.717) is 17.2 Å². The van der Waals surface area contributed by atoms with E-state index in [1.807, 2.05) is 26.0 Å². The Balaban J connectivity index is 2.02. The highest BCUT2D eigenvalue weighted by atomic mass is 35.5. The maximum absolute atomic E-state index is 12.2. The molecule has 2 rings (SSSR count). The quantitative estimate of drug-likeness (QED) is 0.776. The number of aryl methyl sites for hydroxylation is 2. The Morgan fingerprint density at radius 1 is 1.08 bits per heavy atom. The van der Waals surface area contributed by atoms with Crippen molar-refractivity contribution in [2.45, 2.75) is 13.8 Å². The van der Waals surface area contributed by atoms with Gasteiger partial charge < -0.3 is 19.5 Å². The van der Waals surface area contributed by atoms with Crippen LogP contribution in [0.4, 0.5) is 5.69 Å². The predicted molar refractivity (Wildman–Crippen MR) is 99.4 cm³/mol. The first-order valence-corrected chi connectivity index (χ1v) is 8.19. The molecule has 1 amide bonds. The van der Waals surface area contributed by atoms with Crippen molar-refractivity contribution in [3.8, 4) is 11.5 Å². The first kappa shape index (κ1) is 19.6. The van der Waals surface area contributed by atoms with Crippen LogP contribution in [0.5, 0.6) is 11.5 Å². The summed E-state index contributed by atoms with van der Waals surface area (Å²) in [6, 6.07) is 8.48. The number of halogens is 1. The number of nitrogens with one attached hydrogen (secondary N) is 1. The molecule has 0 bridgehead atoms. The molecule has 0 saturated carbocycles. The molecule has 2 aromatic carbocycles. The number of benzene rings is 2. The maximum Gasteiger partial charge on any atom is 0.338 e. The normalized spacial score (nSPS) is 10.2. The lowest BCUT2D eigenvalue weighted by atomic mass is 10.1. The Kier molecular flexibility index (Phi) is 6.46. The van der Waals surface area contributed by atoms with Gasteiger partial charge in [-0.2, -0.15) is 0 Å². The summed E-state index contributed by atoms with van der Waals surface area (Å²) in [4.78, 5) is 24.2. The van der Waals surface area contributed by atoms with E-state index in [4.69, 9.17) is 25.8 Å². The van der Waals surface area contributed by atoms with Crippen molar-refractivity contribution in [2.24, 2.45) is 0 Å². The topological polar surface area (TPSA) is 73.9 Å². The van der Waals surface area contributed by atoms with Gasteiger partial charge in [0.1, 0.15) is 0 Å². The van der Waals surface area contributed by atoms with Gasteiger partial charge in [-0.25, -0.2) is 4.79 Å². The molecule has 0 aliphatic carbocycles. The molecule has 0 radical (unpaired) electrons. The Hall–Kier alpha value is -2.73. The summed E-state index contributed by atoms with van der Waals surface area (Å²) in [5.41, 5.74) is 2.85. The van der Waals surface area contributed by atoms with E-state index in [-0.39, 0.29) is 10.6 Å². The van der Waals surface area contributed by atoms with Crippen LogP contribution >= 0.6 is 11.6 Å². The molecule has 0 heterocycles. The monoisotopic (exact) mass is 377 g/mol. The van der Waals surface area contributed by atoms with Crippen LogP contribution in [0.2, 0.25) is 5.02 Å². The minimum absolute atomic E-state index is 0.159. The number of methoxy groups -OCH3 is 2. The zero-order valence-corrected chi connectivity index (χ0v) is 15.8. The van der Waals surface area contributed by atoms with Crippen molar-refractivity contribution in [1.29, 1.82) is 0 Å². The molecule has 2 aromatic rings. The number of esters is 1. The summed E-state index contributed by atoms with van der Waals surface area (Å²) < 4.78 is 15.3. The van der Waals surface area contributed by atoms with Crippen LogP contribution in [0.15, 0.2) is 30.3 Å². The molecule has 0 aliphatic heterocycles. The minimum Gasteiger partial charge on any atom is -0.493 e. The zero-order chi connectivity index (χ0) is 19.3. The molecule has 0 unspecified atom stereocenters. The van der Waals surface area contributed by atoms with Crippen LogP contribution in [0.3, 0.4) is 0 Å². The summed E-state index contributed by atoms with van der Waals surface area (Å²) in [6.45, 7) is 3.44. The lowest BCUT2D eigenvalue weighted by Crippen LogP contribution is -2.21. The van der Waals surface area contributed by atoms with Crippen LogP contribution in [0.25, 0.3) is 0 Å². The third kappa shape index (κ3) is 4.67. The van der Waals surface area contributed by atoms with E-state index in [9.17, 15) is 9.59 Å². The van der Waals surface area contributed by atoms with Gasteiger partial charge in [-0.05, 0) is 37.6 Å². The molecule has 6 nitrogen and oxygen atoms in total. The van der Waals surface area contributed by atoms with Crippen LogP contribution < -0.4 is 14.8 Å². The fourth-order valence-corrected chi connectivity index (χ4v) is 2.68. The first-order valence-electron chi connectivity index (χ1n) is 7.81. The van der Waals surface area contributed by atoms with Gasteiger partial charge in [0.2, 0.25) is 0 Å². The first-order chi connectivity index (χ1) is 12.3. The molecular weight excluding hydrogens is 358 g/mol. The summed E-state index contributed by atoms with van der Waals surface area (Å²) in [7, 11) is 2.87. The number of amides is 1. The largest absolute Gasteiger partial charge is 0.493 e. The van der Waals surface area contributed by atoms with E-state index < -0.39 is 18.5 Å². The highest BCUT2D eigenvalue weighted by molar-refractivity contribution is 6.32. The highest BCUT2D eigenvalue weighted by Gasteiger charge is 2.17. The van der Waals surface area contributed by atoms with Gasteiger partial charge in [0, 0.05) is 5.69 Å². The summed E-state index contributed by atoms with van der Waals surface area (Å²) >= 11 is 6.07. The molecule has 0 spiro atoms. The molecule has 0 aromatic heterocycles. The molecule has 0 atom stereocenters. The number of ether oxygens (including phenoxy) is 3. The Morgan fingerprint density at radius 2 is 1.81 bits per heavy atom. The van der Waals surface area contributed by atoms with E-state index in [1.54, 1.807) is 6.07 Å². The second-order valence-corrected chi connectivity index (χ2v) is 6.04. The number of anilines is 1.